The second-order valence-electron chi connectivity index (χ2n) is 4.96. The third-order valence-corrected chi connectivity index (χ3v) is 4.68. The van der Waals surface area contributed by atoms with Gasteiger partial charge in [-0.3, -0.25) is 4.98 Å². The van der Waals surface area contributed by atoms with Crippen LogP contribution in [0.4, 0.5) is 11.4 Å². The molecule has 2 heterocycles. The van der Waals surface area contributed by atoms with Gasteiger partial charge in [-0.25, -0.2) is 0 Å². The van der Waals surface area contributed by atoms with E-state index in [1.807, 2.05) is 31.3 Å². The highest BCUT2D eigenvalue weighted by Gasteiger charge is 2.05. The van der Waals surface area contributed by atoms with Gasteiger partial charge in [-0.15, -0.1) is 11.3 Å². The molecule has 0 saturated carbocycles. The second-order valence-corrected chi connectivity index (χ2v) is 6.76. The van der Waals surface area contributed by atoms with Gasteiger partial charge >= 0.3 is 0 Å². The van der Waals surface area contributed by atoms with E-state index in [2.05, 4.69) is 22.4 Å². The van der Waals surface area contributed by atoms with Gasteiger partial charge in [-0.05, 0) is 43.7 Å². The summed E-state index contributed by atoms with van der Waals surface area (Å²) in [7, 11) is 0. The molecule has 0 atom stereocenters. The minimum Gasteiger partial charge on any atom is -0.398 e. The van der Waals surface area contributed by atoms with Crippen LogP contribution in [-0.2, 0) is 6.42 Å². The fraction of sp³-hybridized carbons (Fsp3) is 0.188. The average molecular weight is 318 g/mol. The van der Waals surface area contributed by atoms with Crippen molar-refractivity contribution in [2.24, 2.45) is 0 Å². The first kappa shape index (κ1) is 14.2. The number of fused-ring (bicyclic) bond motifs is 1. The predicted molar refractivity (Wildman–Crippen MR) is 92.4 cm³/mol. The van der Waals surface area contributed by atoms with Crippen LogP contribution in [0.1, 0.15) is 10.6 Å². The quantitative estimate of drug-likeness (QED) is 0.697. The summed E-state index contributed by atoms with van der Waals surface area (Å²) in [4.78, 5) is 5.60. The van der Waals surface area contributed by atoms with Crippen molar-refractivity contribution in [3.05, 3.63) is 51.4 Å². The molecule has 0 aliphatic carbocycles. The third kappa shape index (κ3) is 3.12. The zero-order valence-corrected chi connectivity index (χ0v) is 13.3. The van der Waals surface area contributed by atoms with Gasteiger partial charge in [0, 0.05) is 45.5 Å². The van der Waals surface area contributed by atoms with E-state index in [-0.39, 0.29) is 0 Å². The second kappa shape index (κ2) is 5.92. The Hall–Kier alpha value is -1.78. The Kier molecular flexibility index (Phi) is 3.99. The lowest BCUT2D eigenvalue weighted by atomic mass is 10.1. The molecule has 0 fully saturated rings. The third-order valence-electron chi connectivity index (χ3n) is 3.39. The maximum atomic E-state index is 6.02. The number of nitrogen functional groups attached to an aromatic ring is 1. The van der Waals surface area contributed by atoms with Crippen molar-refractivity contribution in [3.63, 3.8) is 0 Å². The van der Waals surface area contributed by atoms with E-state index in [9.17, 15) is 0 Å². The number of hydrogen-bond donors (Lipinski definition) is 2. The monoisotopic (exact) mass is 317 g/mol. The van der Waals surface area contributed by atoms with Crippen LogP contribution in [-0.4, -0.2) is 11.5 Å². The number of aryl methyl sites for hydroxylation is 1. The topological polar surface area (TPSA) is 50.9 Å². The van der Waals surface area contributed by atoms with Crippen molar-refractivity contribution < 1.29 is 0 Å². The van der Waals surface area contributed by atoms with Gasteiger partial charge in [-0.2, -0.15) is 0 Å². The SMILES string of the molecule is Cc1cc2c(NCCc3ccc(Cl)s3)ccc(N)c2cn1. The lowest BCUT2D eigenvalue weighted by Crippen LogP contribution is -2.05. The maximum Gasteiger partial charge on any atom is 0.0931 e. The van der Waals surface area contributed by atoms with Gasteiger partial charge in [0.1, 0.15) is 0 Å². The zero-order valence-electron chi connectivity index (χ0n) is 11.7. The number of halogens is 1. The Bertz CT molecular complexity index is 782. The lowest BCUT2D eigenvalue weighted by Gasteiger charge is -2.11. The molecule has 3 nitrogen and oxygen atoms in total. The number of nitrogens with two attached hydrogens (primary N) is 1. The van der Waals surface area contributed by atoms with Crippen molar-refractivity contribution in [3.8, 4) is 0 Å². The van der Waals surface area contributed by atoms with Crippen molar-refractivity contribution >= 4 is 45.1 Å². The Balaban J connectivity index is 1.80. The van der Waals surface area contributed by atoms with Gasteiger partial charge < -0.3 is 11.1 Å². The Labute approximate surface area is 132 Å². The largest absolute Gasteiger partial charge is 0.398 e. The molecule has 0 saturated heterocycles. The standard InChI is InChI=1S/C16H16ClN3S/c1-10-8-12-13(9-20-10)14(18)3-4-15(12)19-7-6-11-2-5-16(17)21-11/h2-5,8-9,19H,6-7,18H2,1H3. The predicted octanol–water partition coefficient (Wildman–Crippen LogP) is 4.49. The van der Waals surface area contributed by atoms with E-state index in [0.29, 0.717) is 0 Å². The highest BCUT2D eigenvalue weighted by atomic mass is 35.5. The molecule has 5 heteroatoms. The van der Waals surface area contributed by atoms with Crippen molar-refractivity contribution in [1.82, 2.24) is 4.98 Å². The molecule has 0 aliphatic rings. The smallest absolute Gasteiger partial charge is 0.0931 e. The number of thiophene rings is 1. The molecule has 2 aromatic heterocycles. The molecule has 0 radical (unpaired) electrons. The van der Waals surface area contributed by atoms with Crippen LogP contribution in [0.25, 0.3) is 10.8 Å². The van der Waals surface area contributed by atoms with E-state index in [1.165, 1.54) is 4.88 Å². The number of pyridine rings is 1. The molecule has 3 aromatic rings. The van der Waals surface area contributed by atoms with Gasteiger partial charge in [0.25, 0.3) is 0 Å². The molecule has 108 valence electrons. The zero-order chi connectivity index (χ0) is 14.8. The van der Waals surface area contributed by atoms with E-state index in [1.54, 1.807) is 11.3 Å². The molecule has 0 amide bonds. The Morgan fingerprint density at radius 2 is 2.10 bits per heavy atom. The number of nitrogens with one attached hydrogen (secondary N) is 1. The summed E-state index contributed by atoms with van der Waals surface area (Å²) < 4.78 is 0.838. The summed E-state index contributed by atoms with van der Waals surface area (Å²) in [6, 6.07) is 10.0. The minimum atomic E-state index is 0.757. The summed E-state index contributed by atoms with van der Waals surface area (Å²) in [5.74, 6) is 0. The fourth-order valence-electron chi connectivity index (χ4n) is 2.33. The van der Waals surface area contributed by atoms with Crippen LogP contribution >= 0.6 is 22.9 Å². The number of nitrogens with zero attached hydrogens (tertiary/aromatic N) is 1. The molecule has 0 unspecified atom stereocenters. The number of rotatable bonds is 4. The summed E-state index contributed by atoms with van der Waals surface area (Å²) in [6.45, 7) is 2.84. The highest BCUT2D eigenvalue weighted by molar-refractivity contribution is 7.16. The fourth-order valence-corrected chi connectivity index (χ4v) is 3.41. The number of hydrogen-bond acceptors (Lipinski definition) is 4. The van der Waals surface area contributed by atoms with E-state index in [4.69, 9.17) is 17.3 Å². The van der Waals surface area contributed by atoms with Crippen LogP contribution < -0.4 is 11.1 Å². The summed E-state index contributed by atoms with van der Waals surface area (Å²) in [5, 5.41) is 5.59. The molecule has 0 bridgehead atoms. The Morgan fingerprint density at radius 3 is 2.86 bits per heavy atom. The van der Waals surface area contributed by atoms with Crippen LogP contribution in [0.2, 0.25) is 4.34 Å². The van der Waals surface area contributed by atoms with Crippen LogP contribution in [0.5, 0.6) is 0 Å². The van der Waals surface area contributed by atoms with Gasteiger partial charge in [-0.1, -0.05) is 11.6 Å². The summed E-state index contributed by atoms with van der Waals surface area (Å²) in [5.41, 5.74) is 8.85. The molecule has 3 rings (SSSR count). The first-order chi connectivity index (χ1) is 10.1. The first-order valence-electron chi connectivity index (χ1n) is 6.76. The van der Waals surface area contributed by atoms with Gasteiger partial charge in [0.15, 0.2) is 0 Å². The number of aromatic nitrogens is 1. The number of anilines is 2. The molecule has 21 heavy (non-hydrogen) atoms. The molecule has 3 N–H and O–H groups in total. The van der Waals surface area contributed by atoms with Crippen molar-refractivity contribution in [2.45, 2.75) is 13.3 Å². The normalized spacial score (nSPS) is 11.0. The molecule has 0 aliphatic heterocycles. The molecular formula is C16H16ClN3S. The van der Waals surface area contributed by atoms with E-state index >= 15 is 0 Å². The van der Waals surface area contributed by atoms with E-state index < -0.39 is 0 Å². The van der Waals surface area contributed by atoms with Crippen LogP contribution in [0.3, 0.4) is 0 Å². The molecule has 1 aromatic carbocycles. The highest BCUT2D eigenvalue weighted by Crippen LogP contribution is 2.28. The Morgan fingerprint density at radius 1 is 1.24 bits per heavy atom. The van der Waals surface area contributed by atoms with E-state index in [0.717, 1.165) is 45.1 Å². The van der Waals surface area contributed by atoms with Crippen LogP contribution in [0, 0.1) is 6.92 Å². The molecular weight excluding hydrogens is 302 g/mol. The first-order valence-corrected chi connectivity index (χ1v) is 7.96. The summed E-state index contributed by atoms with van der Waals surface area (Å²) in [6.07, 6.45) is 2.79. The van der Waals surface area contributed by atoms with Crippen LogP contribution in [0.15, 0.2) is 36.5 Å². The van der Waals surface area contributed by atoms with Crippen molar-refractivity contribution in [1.29, 1.82) is 0 Å². The summed E-state index contributed by atoms with van der Waals surface area (Å²) >= 11 is 7.57. The molecule has 0 spiro atoms. The van der Waals surface area contributed by atoms with Crippen molar-refractivity contribution in [2.75, 3.05) is 17.6 Å². The lowest BCUT2D eigenvalue weighted by molar-refractivity contribution is 1.05. The number of benzene rings is 1. The maximum absolute atomic E-state index is 6.02. The minimum absolute atomic E-state index is 0.757. The average Bonchev–Trinajstić information content (AvgIpc) is 2.87. The van der Waals surface area contributed by atoms with Gasteiger partial charge in [0.05, 0.1) is 4.34 Å². The van der Waals surface area contributed by atoms with Gasteiger partial charge in [0.2, 0.25) is 0 Å².